The summed E-state index contributed by atoms with van der Waals surface area (Å²) < 4.78 is 12.7. The van der Waals surface area contributed by atoms with Crippen molar-refractivity contribution in [2.45, 2.75) is 12.7 Å². The largest absolute Gasteiger partial charge is 0.314 e. The fourth-order valence-corrected chi connectivity index (χ4v) is 2.98. The molecule has 0 aromatic heterocycles. The summed E-state index contributed by atoms with van der Waals surface area (Å²) in [4.78, 5) is 2.50. The molecule has 21 heavy (non-hydrogen) atoms. The van der Waals surface area contributed by atoms with Gasteiger partial charge in [-0.1, -0.05) is 54.6 Å². The van der Waals surface area contributed by atoms with Crippen molar-refractivity contribution in [3.8, 4) is 0 Å². The molecule has 110 valence electrons. The van der Waals surface area contributed by atoms with Gasteiger partial charge in [0.05, 0.1) is 6.04 Å². The second-order valence-corrected chi connectivity index (χ2v) is 5.47. The SMILES string of the molecule is FCc1ccc(C(c2ccccc2)N2CCNCC2)cc1. The second kappa shape index (κ2) is 6.83. The maximum Gasteiger partial charge on any atom is 0.115 e. The quantitative estimate of drug-likeness (QED) is 0.928. The van der Waals surface area contributed by atoms with Crippen molar-refractivity contribution in [2.24, 2.45) is 0 Å². The van der Waals surface area contributed by atoms with Crippen LogP contribution in [0.2, 0.25) is 0 Å². The van der Waals surface area contributed by atoms with Gasteiger partial charge in [0.25, 0.3) is 0 Å². The van der Waals surface area contributed by atoms with E-state index in [0.717, 1.165) is 31.7 Å². The van der Waals surface area contributed by atoms with Crippen molar-refractivity contribution >= 4 is 0 Å². The maximum absolute atomic E-state index is 12.7. The molecule has 1 atom stereocenters. The van der Waals surface area contributed by atoms with Crippen LogP contribution in [0.5, 0.6) is 0 Å². The Labute approximate surface area is 125 Å². The molecule has 1 heterocycles. The molecular formula is C18H21FN2. The van der Waals surface area contributed by atoms with Gasteiger partial charge in [0.2, 0.25) is 0 Å². The first-order valence-corrected chi connectivity index (χ1v) is 7.53. The van der Waals surface area contributed by atoms with Crippen molar-refractivity contribution in [1.82, 2.24) is 10.2 Å². The summed E-state index contributed by atoms with van der Waals surface area (Å²) in [7, 11) is 0. The van der Waals surface area contributed by atoms with E-state index in [4.69, 9.17) is 0 Å². The smallest absolute Gasteiger partial charge is 0.115 e. The van der Waals surface area contributed by atoms with Gasteiger partial charge < -0.3 is 5.32 Å². The summed E-state index contributed by atoms with van der Waals surface area (Å²) in [5, 5.41) is 3.40. The Morgan fingerprint density at radius 1 is 0.905 bits per heavy atom. The van der Waals surface area contributed by atoms with Gasteiger partial charge >= 0.3 is 0 Å². The number of benzene rings is 2. The number of nitrogens with zero attached hydrogens (tertiary/aromatic N) is 1. The van der Waals surface area contributed by atoms with Gasteiger partial charge in [-0.2, -0.15) is 0 Å². The fraction of sp³-hybridized carbons (Fsp3) is 0.333. The summed E-state index contributed by atoms with van der Waals surface area (Å²) in [6, 6.07) is 18.7. The normalized spacial score (nSPS) is 17.6. The van der Waals surface area contributed by atoms with Crippen LogP contribution in [0.25, 0.3) is 0 Å². The lowest BCUT2D eigenvalue weighted by molar-refractivity contribution is 0.198. The van der Waals surface area contributed by atoms with E-state index in [-0.39, 0.29) is 6.04 Å². The van der Waals surface area contributed by atoms with E-state index in [0.29, 0.717) is 0 Å². The Bertz CT molecular complexity index is 547. The Morgan fingerprint density at radius 3 is 2.14 bits per heavy atom. The van der Waals surface area contributed by atoms with Crippen LogP contribution < -0.4 is 5.32 Å². The highest BCUT2D eigenvalue weighted by Gasteiger charge is 2.23. The summed E-state index contributed by atoms with van der Waals surface area (Å²) >= 11 is 0. The molecule has 3 heteroatoms. The maximum atomic E-state index is 12.7. The van der Waals surface area contributed by atoms with Crippen molar-refractivity contribution in [3.63, 3.8) is 0 Å². The zero-order valence-electron chi connectivity index (χ0n) is 12.1. The number of piperazine rings is 1. The summed E-state index contributed by atoms with van der Waals surface area (Å²) in [6.45, 7) is 3.70. The third-order valence-corrected chi connectivity index (χ3v) is 4.08. The van der Waals surface area contributed by atoms with Crippen LogP contribution in [-0.2, 0) is 6.67 Å². The molecule has 0 radical (unpaired) electrons. The van der Waals surface area contributed by atoms with Crippen LogP contribution in [0, 0.1) is 0 Å². The predicted molar refractivity (Wildman–Crippen MR) is 84.0 cm³/mol. The summed E-state index contributed by atoms with van der Waals surface area (Å²) in [5.41, 5.74) is 3.28. The van der Waals surface area contributed by atoms with Gasteiger partial charge in [0, 0.05) is 26.2 Å². The molecule has 0 bridgehead atoms. The number of nitrogens with one attached hydrogen (secondary N) is 1. The van der Waals surface area contributed by atoms with E-state index < -0.39 is 6.67 Å². The molecule has 1 unspecified atom stereocenters. The molecule has 2 nitrogen and oxygen atoms in total. The highest BCUT2D eigenvalue weighted by molar-refractivity contribution is 5.33. The molecule has 0 amide bonds. The third kappa shape index (κ3) is 3.31. The highest BCUT2D eigenvalue weighted by atomic mass is 19.1. The topological polar surface area (TPSA) is 15.3 Å². The minimum Gasteiger partial charge on any atom is -0.314 e. The molecular weight excluding hydrogens is 263 g/mol. The van der Waals surface area contributed by atoms with Crippen molar-refractivity contribution in [1.29, 1.82) is 0 Å². The van der Waals surface area contributed by atoms with Gasteiger partial charge in [0.15, 0.2) is 0 Å². The molecule has 2 aromatic rings. The minimum absolute atomic E-state index is 0.252. The Morgan fingerprint density at radius 2 is 1.52 bits per heavy atom. The van der Waals surface area contributed by atoms with Crippen molar-refractivity contribution < 1.29 is 4.39 Å². The van der Waals surface area contributed by atoms with Gasteiger partial charge in [0.1, 0.15) is 6.67 Å². The average molecular weight is 284 g/mol. The lowest BCUT2D eigenvalue weighted by atomic mass is 9.96. The lowest BCUT2D eigenvalue weighted by Crippen LogP contribution is -2.45. The van der Waals surface area contributed by atoms with Crippen LogP contribution in [0.1, 0.15) is 22.7 Å². The Balaban J connectivity index is 1.94. The van der Waals surface area contributed by atoms with Crippen molar-refractivity contribution in [2.75, 3.05) is 26.2 Å². The number of alkyl halides is 1. The van der Waals surface area contributed by atoms with Gasteiger partial charge in [-0.05, 0) is 16.7 Å². The zero-order chi connectivity index (χ0) is 14.5. The Hall–Kier alpha value is -1.71. The molecule has 0 aliphatic carbocycles. The molecule has 0 saturated carbocycles. The molecule has 3 rings (SSSR count). The van der Waals surface area contributed by atoms with Crippen LogP contribution >= 0.6 is 0 Å². The van der Waals surface area contributed by atoms with E-state index in [9.17, 15) is 4.39 Å². The lowest BCUT2D eigenvalue weighted by Gasteiger charge is -2.35. The molecule has 0 spiro atoms. The second-order valence-electron chi connectivity index (χ2n) is 5.47. The van der Waals surface area contributed by atoms with Crippen LogP contribution in [0.3, 0.4) is 0 Å². The van der Waals surface area contributed by atoms with Gasteiger partial charge in [-0.25, -0.2) is 4.39 Å². The molecule has 2 aromatic carbocycles. The zero-order valence-corrected chi connectivity index (χ0v) is 12.1. The number of hydrogen-bond donors (Lipinski definition) is 1. The number of rotatable bonds is 4. The molecule has 1 aliphatic rings. The highest BCUT2D eigenvalue weighted by Crippen LogP contribution is 2.29. The van der Waals surface area contributed by atoms with Gasteiger partial charge in [-0.15, -0.1) is 0 Å². The molecule has 1 N–H and O–H groups in total. The molecule has 1 saturated heterocycles. The third-order valence-electron chi connectivity index (χ3n) is 4.08. The van der Waals surface area contributed by atoms with Crippen LogP contribution in [0.4, 0.5) is 4.39 Å². The van der Waals surface area contributed by atoms with E-state index in [1.54, 1.807) is 0 Å². The minimum atomic E-state index is -0.399. The predicted octanol–water partition coefficient (Wildman–Crippen LogP) is 3.15. The van der Waals surface area contributed by atoms with Crippen molar-refractivity contribution in [3.05, 3.63) is 71.3 Å². The van der Waals surface area contributed by atoms with Crippen LogP contribution in [0.15, 0.2) is 54.6 Å². The monoisotopic (exact) mass is 284 g/mol. The van der Waals surface area contributed by atoms with E-state index in [2.05, 4.69) is 46.6 Å². The standard InChI is InChI=1S/C18H21FN2/c19-14-15-6-8-17(9-7-15)18(16-4-2-1-3-5-16)21-12-10-20-11-13-21/h1-9,18,20H,10-14H2. The van der Waals surface area contributed by atoms with Gasteiger partial charge in [-0.3, -0.25) is 4.90 Å². The fourth-order valence-electron chi connectivity index (χ4n) is 2.98. The summed E-state index contributed by atoms with van der Waals surface area (Å²) in [6.07, 6.45) is 0. The average Bonchev–Trinajstić information content (AvgIpc) is 2.58. The summed E-state index contributed by atoms with van der Waals surface area (Å²) in [5.74, 6) is 0. The van der Waals surface area contributed by atoms with E-state index >= 15 is 0 Å². The van der Waals surface area contributed by atoms with E-state index in [1.807, 2.05) is 18.2 Å². The Kier molecular flexibility index (Phi) is 4.63. The molecule has 1 aliphatic heterocycles. The van der Waals surface area contributed by atoms with Crippen LogP contribution in [-0.4, -0.2) is 31.1 Å². The van der Waals surface area contributed by atoms with E-state index in [1.165, 1.54) is 11.1 Å². The first kappa shape index (κ1) is 14.2. The number of hydrogen-bond acceptors (Lipinski definition) is 2. The molecule has 1 fully saturated rings. The first-order chi connectivity index (χ1) is 10.4. The number of halogens is 1. The first-order valence-electron chi connectivity index (χ1n) is 7.53.